The number of nitrogens with two attached hydrogens (primary N) is 1. The first-order valence-electron chi connectivity index (χ1n) is 5.99. The van der Waals surface area contributed by atoms with Crippen LogP contribution in [0.5, 0.6) is 0 Å². The SMILES string of the molecule is COC(=O)C1CCN(S(=O)(=O)c2cc(Cl)ccc2N)C1. The van der Waals surface area contributed by atoms with Crippen LogP contribution in [0.4, 0.5) is 5.69 Å². The number of hydrogen-bond donors (Lipinski definition) is 1. The van der Waals surface area contributed by atoms with Gasteiger partial charge in [-0.05, 0) is 24.6 Å². The van der Waals surface area contributed by atoms with Crippen molar-refractivity contribution in [2.24, 2.45) is 5.92 Å². The summed E-state index contributed by atoms with van der Waals surface area (Å²) in [6.45, 7) is 0.356. The number of methoxy groups -OCH3 is 1. The van der Waals surface area contributed by atoms with Gasteiger partial charge in [0, 0.05) is 18.1 Å². The normalized spacial score (nSPS) is 20.0. The topological polar surface area (TPSA) is 89.7 Å². The summed E-state index contributed by atoms with van der Waals surface area (Å²) in [7, 11) is -2.46. The fourth-order valence-corrected chi connectivity index (χ4v) is 4.05. The van der Waals surface area contributed by atoms with Crippen molar-refractivity contribution in [2.45, 2.75) is 11.3 Å². The fraction of sp³-hybridized carbons (Fsp3) is 0.417. The maximum Gasteiger partial charge on any atom is 0.310 e. The van der Waals surface area contributed by atoms with Gasteiger partial charge in [0.2, 0.25) is 10.0 Å². The standard InChI is InChI=1S/C12H15ClN2O4S/c1-19-12(16)8-4-5-15(7-8)20(17,18)11-6-9(13)2-3-10(11)14/h2-3,6,8H,4-5,7,14H2,1H3. The van der Waals surface area contributed by atoms with Crippen LogP contribution in [0.25, 0.3) is 0 Å². The van der Waals surface area contributed by atoms with E-state index in [0.717, 1.165) is 0 Å². The summed E-state index contributed by atoms with van der Waals surface area (Å²) in [6, 6.07) is 4.29. The van der Waals surface area contributed by atoms with E-state index in [0.29, 0.717) is 11.4 Å². The highest BCUT2D eigenvalue weighted by molar-refractivity contribution is 7.89. The molecule has 0 radical (unpaired) electrons. The summed E-state index contributed by atoms with van der Waals surface area (Å²) in [5.74, 6) is -0.836. The number of benzene rings is 1. The van der Waals surface area contributed by atoms with Crippen LogP contribution < -0.4 is 5.73 Å². The molecule has 20 heavy (non-hydrogen) atoms. The van der Waals surface area contributed by atoms with Crippen LogP contribution in [-0.4, -0.2) is 38.9 Å². The third kappa shape index (κ3) is 2.74. The summed E-state index contributed by atoms with van der Waals surface area (Å²) in [6.07, 6.45) is 0.437. The molecular weight excluding hydrogens is 304 g/mol. The van der Waals surface area contributed by atoms with Crippen molar-refractivity contribution in [3.05, 3.63) is 23.2 Å². The molecule has 1 unspecified atom stereocenters. The van der Waals surface area contributed by atoms with Crippen LogP contribution in [0.2, 0.25) is 5.02 Å². The first-order valence-corrected chi connectivity index (χ1v) is 7.81. The average molecular weight is 319 g/mol. The minimum atomic E-state index is -3.75. The summed E-state index contributed by atoms with van der Waals surface area (Å²) >= 11 is 5.82. The number of anilines is 1. The first kappa shape index (κ1) is 15.1. The summed E-state index contributed by atoms with van der Waals surface area (Å²) < 4.78 is 30.9. The summed E-state index contributed by atoms with van der Waals surface area (Å²) in [5, 5.41) is 0.293. The van der Waals surface area contributed by atoms with E-state index in [4.69, 9.17) is 17.3 Å². The lowest BCUT2D eigenvalue weighted by atomic mass is 10.1. The molecule has 0 spiro atoms. The Labute approximate surface area is 122 Å². The van der Waals surface area contributed by atoms with Crippen LogP contribution in [0.3, 0.4) is 0 Å². The number of halogens is 1. The lowest BCUT2D eigenvalue weighted by molar-refractivity contribution is -0.144. The summed E-state index contributed by atoms with van der Waals surface area (Å²) in [4.78, 5) is 11.4. The molecule has 1 saturated heterocycles. The molecule has 0 aromatic heterocycles. The third-order valence-electron chi connectivity index (χ3n) is 3.28. The van der Waals surface area contributed by atoms with Gasteiger partial charge in [-0.2, -0.15) is 4.31 Å². The Balaban J connectivity index is 2.28. The molecule has 6 nitrogen and oxygen atoms in total. The van der Waals surface area contributed by atoms with Crippen molar-refractivity contribution in [2.75, 3.05) is 25.9 Å². The molecule has 1 aromatic rings. The number of esters is 1. The molecule has 110 valence electrons. The maximum absolute atomic E-state index is 12.5. The molecule has 1 atom stereocenters. The number of rotatable bonds is 3. The second kappa shape index (κ2) is 5.59. The van der Waals surface area contributed by atoms with Crippen LogP contribution in [0.1, 0.15) is 6.42 Å². The van der Waals surface area contributed by atoms with Gasteiger partial charge in [-0.25, -0.2) is 8.42 Å². The zero-order valence-electron chi connectivity index (χ0n) is 10.9. The van der Waals surface area contributed by atoms with Gasteiger partial charge < -0.3 is 10.5 Å². The smallest absolute Gasteiger partial charge is 0.310 e. The molecule has 0 saturated carbocycles. The van der Waals surface area contributed by atoms with Gasteiger partial charge >= 0.3 is 5.97 Å². The Hall–Kier alpha value is -1.31. The van der Waals surface area contributed by atoms with E-state index in [-0.39, 0.29) is 23.7 Å². The number of ether oxygens (including phenoxy) is 1. The number of sulfonamides is 1. The van der Waals surface area contributed by atoms with E-state index in [1.807, 2.05) is 0 Å². The van der Waals surface area contributed by atoms with Crippen molar-refractivity contribution in [3.8, 4) is 0 Å². The van der Waals surface area contributed by atoms with E-state index in [2.05, 4.69) is 4.74 Å². The second-order valence-electron chi connectivity index (χ2n) is 4.55. The van der Waals surface area contributed by atoms with Gasteiger partial charge in [-0.1, -0.05) is 11.6 Å². The molecule has 2 N–H and O–H groups in total. The number of carbonyl (C=O) groups excluding carboxylic acids is 1. The fourth-order valence-electron chi connectivity index (χ4n) is 2.18. The number of hydrogen-bond acceptors (Lipinski definition) is 5. The minimum absolute atomic E-state index is 0.0319. The largest absolute Gasteiger partial charge is 0.469 e. The van der Waals surface area contributed by atoms with Crippen LogP contribution in [0, 0.1) is 5.92 Å². The monoisotopic (exact) mass is 318 g/mol. The molecule has 0 aliphatic carbocycles. The highest BCUT2D eigenvalue weighted by Crippen LogP contribution is 2.29. The maximum atomic E-state index is 12.5. The van der Waals surface area contributed by atoms with Gasteiger partial charge in [-0.3, -0.25) is 4.79 Å². The lowest BCUT2D eigenvalue weighted by Gasteiger charge is -2.17. The Kier molecular flexibility index (Phi) is 4.22. The van der Waals surface area contributed by atoms with Gasteiger partial charge in [-0.15, -0.1) is 0 Å². The molecule has 1 aliphatic heterocycles. The van der Waals surface area contributed by atoms with Crippen LogP contribution in [0.15, 0.2) is 23.1 Å². The number of carbonyl (C=O) groups is 1. The van der Waals surface area contributed by atoms with E-state index in [1.54, 1.807) is 0 Å². The number of nitrogen functional groups attached to an aromatic ring is 1. The Morgan fingerprint density at radius 2 is 2.20 bits per heavy atom. The predicted octanol–water partition coefficient (Wildman–Crippen LogP) is 1.11. The lowest BCUT2D eigenvalue weighted by Crippen LogP contribution is -2.30. The van der Waals surface area contributed by atoms with Gasteiger partial charge in [0.25, 0.3) is 0 Å². The van der Waals surface area contributed by atoms with Gasteiger partial charge in [0.1, 0.15) is 4.90 Å². The van der Waals surface area contributed by atoms with E-state index >= 15 is 0 Å². The molecule has 1 heterocycles. The Morgan fingerprint density at radius 1 is 1.50 bits per heavy atom. The van der Waals surface area contributed by atoms with Crippen molar-refractivity contribution in [3.63, 3.8) is 0 Å². The molecule has 1 fully saturated rings. The van der Waals surface area contributed by atoms with Gasteiger partial charge in [0.05, 0.1) is 18.7 Å². The average Bonchev–Trinajstić information content (AvgIpc) is 2.91. The highest BCUT2D eigenvalue weighted by Gasteiger charge is 2.37. The van der Waals surface area contributed by atoms with Crippen LogP contribution in [-0.2, 0) is 19.6 Å². The minimum Gasteiger partial charge on any atom is -0.469 e. The number of nitrogens with zero attached hydrogens (tertiary/aromatic N) is 1. The summed E-state index contributed by atoms with van der Waals surface area (Å²) in [5.41, 5.74) is 5.84. The Bertz CT molecular complexity index is 632. The van der Waals surface area contributed by atoms with Crippen molar-refractivity contribution >= 4 is 33.3 Å². The van der Waals surface area contributed by atoms with E-state index < -0.39 is 21.9 Å². The molecule has 2 rings (SSSR count). The molecule has 0 amide bonds. The van der Waals surface area contributed by atoms with E-state index in [1.165, 1.54) is 29.6 Å². The first-order chi connectivity index (χ1) is 9.36. The quantitative estimate of drug-likeness (QED) is 0.666. The van der Waals surface area contributed by atoms with Crippen molar-refractivity contribution in [1.29, 1.82) is 0 Å². The highest BCUT2D eigenvalue weighted by atomic mass is 35.5. The molecule has 0 bridgehead atoms. The molecule has 8 heteroatoms. The van der Waals surface area contributed by atoms with Gasteiger partial charge in [0.15, 0.2) is 0 Å². The molecule has 1 aliphatic rings. The van der Waals surface area contributed by atoms with Crippen molar-refractivity contribution in [1.82, 2.24) is 4.31 Å². The second-order valence-corrected chi connectivity index (χ2v) is 6.90. The zero-order valence-corrected chi connectivity index (χ0v) is 12.4. The Morgan fingerprint density at radius 3 is 2.85 bits per heavy atom. The third-order valence-corrected chi connectivity index (χ3v) is 5.43. The molecule has 1 aromatic carbocycles. The predicted molar refractivity (Wildman–Crippen MR) is 74.7 cm³/mol. The molecular formula is C12H15ClN2O4S. The van der Waals surface area contributed by atoms with Crippen molar-refractivity contribution < 1.29 is 17.9 Å². The van der Waals surface area contributed by atoms with Crippen LogP contribution >= 0.6 is 11.6 Å². The van der Waals surface area contributed by atoms with E-state index in [9.17, 15) is 13.2 Å². The zero-order chi connectivity index (χ0) is 14.9.